The summed E-state index contributed by atoms with van der Waals surface area (Å²) in [5, 5.41) is 3.46. The molecule has 1 aliphatic rings. The van der Waals surface area contributed by atoms with Gasteiger partial charge in [-0.05, 0) is 82.9 Å². The lowest BCUT2D eigenvalue weighted by molar-refractivity contribution is 0.0747. The van der Waals surface area contributed by atoms with E-state index < -0.39 is 0 Å². The van der Waals surface area contributed by atoms with Gasteiger partial charge in [0.2, 0.25) is 0 Å². The van der Waals surface area contributed by atoms with Crippen molar-refractivity contribution in [3.05, 3.63) is 35.6 Å². The van der Waals surface area contributed by atoms with Gasteiger partial charge in [-0.25, -0.2) is 4.39 Å². The van der Waals surface area contributed by atoms with Gasteiger partial charge in [-0.3, -0.25) is 4.90 Å². The first-order chi connectivity index (χ1) is 10.0. The van der Waals surface area contributed by atoms with Crippen LogP contribution in [0.2, 0.25) is 0 Å². The van der Waals surface area contributed by atoms with Gasteiger partial charge in [0, 0.05) is 5.54 Å². The zero-order valence-corrected chi connectivity index (χ0v) is 13.7. The molecule has 0 atom stereocenters. The molecule has 0 amide bonds. The van der Waals surface area contributed by atoms with Crippen LogP contribution >= 0.6 is 0 Å². The summed E-state index contributed by atoms with van der Waals surface area (Å²) < 4.78 is 13.3. The van der Waals surface area contributed by atoms with Crippen molar-refractivity contribution in [3.63, 3.8) is 0 Å². The van der Waals surface area contributed by atoms with Crippen LogP contribution in [0.3, 0.4) is 0 Å². The molecule has 1 saturated heterocycles. The third kappa shape index (κ3) is 4.79. The topological polar surface area (TPSA) is 15.3 Å². The average Bonchev–Trinajstić information content (AvgIpc) is 2.45. The van der Waals surface area contributed by atoms with Crippen LogP contribution in [0.25, 0.3) is 0 Å². The van der Waals surface area contributed by atoms with Crippen LogP contribution in [0, 0.1) is 11.7 Å². The Morgan fingerprint density at radius 1 is 1.29 bits per heavy atom. The number of benzene rings is 1. The lowest BCUT2D eigenvalue weighted by Crippen LogP contribution is -2.50. The Labute approximate surface area is 128 Å². The first-order valence-corrected chi connectivity index (χ1v) is 8.21. The Kier molecular flexibility index (Phi) is 5.77. The quantitative estimate of drug-likeness (QED) is 0.863. The van der Waals surface area contributed by atoms with Gasteiger partial charge in [0.15, 0.2) is 0 Å². The highest BCUT2D eigenvalue weighted by Crippen LogP contribution is 2.27. The van der Waals surface area contributed by atoms with Crippen LogP contribution < -0.4 is 5.32 Å². The smallest absolute Gasteiger partial charge is 0.123 e. The van der Waals surface area contributed by atoms with Crippen LogP contribution in [-0.4, -0.2) is 36.6 Å². The van der Waals surface area contributed by atoms with Gasteiger partial charge in [0.25, 0.3) is 0 Å². The molecule has 0 bridgehead atoms. The number of hydrogen-bond acceptors (Lipinski definition) is 2. The van der Waals surface area contributed by atoms with Gasteiger partial charge in [-0.2, -0.15) is 0 Å². The molecule has 0 saturated carbocycles. The molecule has 0 radical (unpaired) electrons. The molecule has 1 aliphatic heterocycles. The van der Waals surface area contributed by atoms with Crippen LogP contribution in [0.5, 0.6) is 0 Å². The molecule has 21 heavy (non-hydrogen) atoms. The normalized spacial score (nSPS) is 18.1. The van der Waals surface area contributed by atoms with Crippen molar-refractivity contribution in [2.45, 2.75) is 45.6 Å². The van der Waals surface area contributed by atoms with Crippen molar-refractivity contribution in [2.75, 3.05) is 26.2 Å². The van der Waals surface area contributed by atoms with E-state index in [0.717, 1.165) is 44.1 Å². The van der Waals surface area contributed by atoms with E-state index in [4.69, 9.17) is 0 Å². The molecule has 0 aliphatic carbocycles. The highest BCUT2D eigenvalue weighted by molar-refractivity contribution is 5.18. The number of nitrogens with one attached hydrogen (secondary N) is 1. The largest absolute Gasteiger partial charge is 0.317 e. The molecule has 1 fully saturated rings. The second-order valence-corrected chi connectivity index (χ2v) is 6.86. The summed E-state index contributed by atoms with van der Waals surface area (Å²) in [6.07, 6.45) is 3.43. The molecule has 118 valence electrons. The van der Waals surface area contributed by atoms with Crippen molar-refractivity contribution in [1.82, 2.24) is 10.2 Å². The molecular weight excluding hydrogens is 263 g/mol. The summed E-state index contributed by atoms with van der Waals surface area (Å²) in [7, 11) is 0. The van der Waals surface area contributed by atoms with Crippen molar-refractivity contribution in [3.8, 4) is 0 Å². The monoisotopic (exact) mass is 292 g/mol. The maximum atomic E-state index is 13.3. The Morgan fingerprint density at radius 2 is 2.00 bits per heavy atom. The van der Waals surface area contributed by atoms with Crippen molar-refractivity contribution in [2.24, 2.45) is 5.92 Å². The fraction of sp³-hybridized carbons (Fsp3) is 0.667. The summed E-state index contributed by atoms with van der Waals surface area (Å²) in [5.41, 5.74) is 1.19. The third-order valence-electron chi connectivity index (χ3n) is 4.68. The summed E-state index contributed by atoms with van der Waals surface area (Å²) in [5.74, 6) is 0.679. The lowest BCUT2D eigenvalue weighted by Gasteiger charge is -2.43. The van der Waals surface area contributed by atoms with E-state index in [1.54, 1.807) is 6.07 Å². The fourth-order valence-corrected chi connectivity index (χ4v) is 3.35. The van der Waals surface area contributed by atoms with Crippen LogP contribution in [0.15, 0.2) is 24.3 Å². The molecular formula is C18H29FN2. The minimum Gasteiger partial charge on any atom is -0.317 e. The summed E-state index contributed by atoms with van der Waals surface area (Å²) in [6.45, 7) is 11.2. The van der Waals surface area contributed by atoms with E-state index in [-0.39, 0.29) is 11.4 Å². The SMILES string of the molecule is CCNCC1CCN(C(C)(C)Cc2cccc(F)c2)CC1. The van der Waals surface area contributed by atoms with Crippen LogP contribution in [-0.2, 0) is 6.42 Å². The van der Waals surface area contributed by atoms with E-state index in [1.807, 2.05) is 12.1 Å². The number of piperidine rings is 1. The first kappa shape index (κ1) is 16.4. The molecule has 1 aromatic rings. The molecule has 0 spiro atoms. The second kappa shape index (κ2) is 7.37. The Balaban J connectivity index is 1.89. The summed E-state index contributed by atoms with van der Waals surface area (Å²) in [4.78, 5) is 2.57. The van der Waals surface area contributed by atoms with Gasteiger partial charge in [0.1, 0.15) is 5.82 Å². The minimum atomic E-state index is -0.132. The molecule has 0 aromatic heterocycles. The molecule has 1 heterocycles. The molecule has 2 nitrogen and oxygen atoms in total. The summed E-state index contributed by atoms with van der Waals surface area (Å²) in [6, 6.07) is 7.02. The van der Waals surface area contributed by atoms with E-state index in [2.05, 4.69) is 31.0 Å². The van der Waals surface area contributed by atoms with Crippen molar-refractivity contribution in [1.29, 1.82) is 0 Å². The highest BCUT2D eigenvalue weighted by Gasteiger charge is 2.30. The van der Waals surface area contributed by atoms with Gasteiger partial charge < -0.3 is 5.32 Å². The molecule has 1 aromatic carbocycles. The number of hydrogen-bond donors (Lipinski definition) is 1. The zero-order chi connectivity index (χ0) is 15.3. The number of rotatable bonds is 6. The Hall–Kier alpha value is -0.930. The fourth-order valence-electron chi connectivity index (χ4n) is 3.35. The standard InChI is InChI=1S/C18H29FN2/c1-4-20-14-15-8-10-21(11-9-15)18(2,3)13-16-6-5-7-17(19)12-16/h5-7,12,15,20H,4,8-11,13-14H2,1-3H3. The summed E-state index contributed by atoms with van der Waals surface area (Å²) >= 11 is 0. The van der Waals surface area contributed by atoms with Gasteiger partial charge in [-0.1, -0.05) is 19.1 Å². The predicted octanol–water partition coefficient (Wildman–Crippen LogP) is 3.47. The molecule has 2 rings (SSSR count). The maximum Gasteiger partial charge on any atom is 0.123 e. The molecule has 3 heteroatoms. The molecule has 1 N–H and O–H groups in total. The zero-order valence-electron chi connectivity index (χ0n) is 13.7. The van der Waals surface area contributed by atoms with Crippen LogP contribution in [0.1, 0.15) is 39.2 Å². The second-order valence-electron chi connectivity index (χ2n) is 6.86. The number of nitrogens with zero attached hydrogens (tertiary/aromatic N) is 1. The van der Waals surface area contributed by atoms with E-state index in [0.29, 0.717) is 0 Å². The van der Waals surface area contributed by atoms with E-state index >= 15 is 0 Å². The van der Waals surface area contributed by atoms with Gasteiger partial charge in [-0.15, -0.1) is 0 Å². The lowest BCUT2D eigenvalue weighted by atomic mass is 9.88. The number of likely N-dealkylation sites (tertiary alicyclic amines) is 1. The Bertz CT molecular complexity index is 437. The maximum absolute atomic E-state index is 13.3. The minimum absolute atomic E-state index is 0.0942. The van der Waals surface area contributed by atoms with E-state index in [1.165, 1.54) is 18.9 Å². The van der Waals surface area contributed by atoms with Gasteiger partial charge >= 0.3 is 0 Å². The van der Waals surface area contributed by atoms with Crippen molar-refractivity contribution >= 4 is 0 Å². The average molecular weight is 292 g/mol. The number of halogens is 1. The Morgan fingerprint density at radius 3 is 2.62 bits per heavy atom. The predicted molar refractivity (Wildman–Crippen MR) is 87.0 cm³/mol. The molecule has 0 unspecified atom stereocenters. The highest BCUT2D eigenvalue weighted by atomic mass is 19.1. The first-order valence-electron chi connectivity index (χ1n) is 8.21. The third-order valence-corrected chi connectivity index (χ3v) is 4.68. The van der Waals surface area contributed by atoms with E-state index in [9.17, 15) is 4.39 Å². The van der Waals surface area contributed by atoms with Crippen LogP contribution in [0.4, 0.5) is 4.39 Å². The van der Waals surface area contributed by atoms with Crippen molar-refractivity contribution < 1.29 is 4.39 Å². The van der Waals surface area contributed by atoms with Gasteiger partial charge in [0.05, 0.1) is 0 Å².